The number of rotatable bonds is 33. The Bertz CT molecular complexity index is 1450. The largest absolute Gasteiger partial charge is 0.393 e. The van der Waals surface area contributed by atoms with E-state index in [9.17, 15) is 61.3 Å². The highest BCUT2D eigenvalue weighted by molar-refractivity contribution is 5.14. The van der Waals surface area contributed by atoms with Crippen LogP contribution in [0.3, 0.4) is 0 Å². The molecule has 15 N–H and O–H groups in total. The van der Waals surface area contributed by atoms with E-state index in [4.69, 9.17) is 15.2 Å². The highest BCUT2D eigenvalue weighted by Crippen LogP contribution is 2.28. The van der Waals surface area contributed by atoms with Crippen LogP contribution in [-0.4, -0.2) is 166 Å². The van der Waals surface area contributed by atoms with Crippen molar-refractivity contribution < 1.29 is 70.8 Å². The topological polar surface area (TPSA) is 299 Å². The molecule has 17 atom stereocenters. The molecule has 0 bridgehead atoms. The number of nitrogens with one attached hydrogen (secondary N) is 1. The first-order valence-electron chi connectivity index (χ1n) is 23.0. The Morgan fingerprint density at radius 3 is 1.75 bits per heavy atom. The maximum atomic E-state index is 11.3. The molecule has 368 valence electrons. The number of hydrogen-bond acceptors (Lipinski definition) is 16. The zero-order chi connectivity index (χ0) is 47.6. The van der Waals surface area contributed by atoms with E-state index >= 15 is 0 Å². The molecule has 1 heterocycles. The van der Waals surface area contributed by atoms with Crippen molar-refractivity contribution in [2.24, 2.45) is 11.7 Å². The van der Waals surface area contributed by atoms with Crippen molar-refractivity contribution in [3.8, 4) is 0 Å². The van der Waals surface area contributed by atoms with E-state index in [0.717, 1.165) is 5.56 Å². The van der Waals surface area contributed by atoms with E-state index in [2.05, 4.69) is 5.32 Å². The molecule has 64 heavy (non-hydrogen) atoms. The van der Waals surface area contributed by atoms with Crippen LogP contribution in [0.5, 0.6) is 0 Å². The molecule has 1 aliphatic heterocycles. The number of hydrogen-bond donors (Lipinski definition) is 14. The second-order valence-corrected chi connectivity index (χ2v) is 17.5. The predicted molar refractivity (Wildman–Crippen MR) is 244 cm³/mol. The molecule has 0 aliphatic carbocycles. The molecule has 2 rings (SSSR count). The Labute approximate surface area is 380 Å². The molecule has 0 radical (unpaired) electrons. The summed E-state index contributed by atoms with van der Waals surface area (Å²) in [5.74, 6) is -0.318. The van der Waals surface area contributed by atoms with Gasteiger partial charge in [0.25, 0.3) is 0 Å². The number of benzene rings is 1. The lowest BCUT2D eigenvalue weighted by molar-refractivity contribution is -0.307. The fraction of sp³-hybridized carbons (Fsp3) is 0.708. The fourth-order valence-corrected chi connectivity index (χ4v) is 7.78. The van der Waals surface area contributed by atoms with E-state index in [1.54, 1.807) is 13.0 Å². The first-order valence-corrected chi connectivity index (χ1v) is 23.0. The molecule has 1 aromatic carbocycles. The van der Waals surface area contributed by atoms with E-state index in [-0.39, 0.29) is 69.7 Å². The van der Waals surface area contributed by atoms with Crippen LogP contribution in [0.1, 0.15) is 103 Å². The van der Waals surface area contributed by atoms with Gasteiger partial charge in [-0.25, -0.2) is 0 Å². The van der Waals surface area contributed by atoms with Crippen molar-refractivity contribution in [1.82, 2.24) is 5.32 Å². The molecule has 1 fully saturated rings. The van der Waals surface area contributed by atoms with Crippen molar-refractivity contribution in [1.29, 1.82) is 0 Å². The smallest absolute Gasteiger partial charge is 0.186 e. The average Bonchev–Trinajstić information content (AvgIpc) is 3.23. The molecular weight excluding hydrogens is 829 g/mol. The lowest BCUT2D eigenvalue weighted by Crippen LogP contribution is -2.58. The van der Waals surface area contributed by atoms with Crippen molar-refractivity contribution in [2.75, 3.05) is 6.54 Å². The van der Waals surface area contributed by atoms with Gasteiger partial charge in [-0.05, 0) is 96.1 Å². The number of aliphatic hydroxyl groups is 12. The van der Waals surface area contributed by atoms with Gasteiger partial charge in [0.1, 0.15) is 18.3 Å². The monoisotopic (exact) mass is 911 g/mol. The van der Waals surface area contributed by atoms with Crippen LogP contribution >= 0.6 is 0 Å². The maximum Gasteiger partial charge on any atom is 0.186 e. The SMILES string of the molecule is CC=CC=CCC(OC1OC(C)C(O)C(O)C1O)C(C)C(CC(O)CC(O)CC(O)C=CCC(O)CC(O)CC(O)CC(O)C=CCC(O)CC(O)CCCN)NCc1ccccc1. The highest BCUT2D eigenvalue weighted by atomic mass is 16.7. The molecule has 1 aliphatic rings. The van der Waals surface area contributed by atoms with Gasteiger partial charge in [0.2, 0.25) is 0 Å². The predicted octanol–water partition coefficient (Wildman–Crippen LogP) is 1.13. The van der Waals surface area contributed by atoms with Gasteiger partial charge in [-0.2, -0.15) is 0 Å². The van der Waals surface area contributed by atoms with E-state index < -0.39 is 91.7 Å². The van der Waals surface area contributed by atoms with Crippen LogP contribution in [0.25, 0.3) is 0 Å². The van der Waals surface area contributed by atoms with Crippen LogP contribution in [0.4, 0.5) is 0 Å². The third-order valence-corrected chi connectivity index (χ3v) is 11.6. The Hall–Kier alpha value is -2.46. The molecule has 16 nitrogen and oxygen atoms in total. The zero-order valence-corrected chi connectivity index (χ0v) is 38.0. The van der Waals surface area contributed by atoms with Crippen LogP contribution < -0.4 is 11.1 Å². The number of nitrogens with two attached hydrogens (primary N) is 1. The minimum atomic E-state index is -1.50. The minimum Gasteiger partial charge on any atom is -0.393 e. The van der Waals surface area contributed by atoms with Gasteiger partial charge in [0, 0.05) is 25.4 Å². The van der Waals surface area contributed by atoms with E-state index in [1.807, 2.05) is 68.5 Å². The summed E-state index contributed by atoms with van der Waals surface area (Å²) < 4.78 is 12.1. The van der Waals surface area contributed by atoms with Gasteiger partial charge in [0.15, 0.2) is 6.29 Å². The lowest BCUT2D eigenvalue weighted by Gasteiger charge is -2.42. The third-order valence-electron chi connectivity index (χ3n) is 11.6. The molecule has 17 unspecified atom stereocenters. The van der Waals surface area contributed by atoms with Gasteiger partial charge >= 0.3 is 0 Å². The van der Waals surface area contributed by atoms with Crippen molar-refractivity contribution >= 4 is 0 Å². The molecule has 16 heteroatoms. The number of allylic oxidation sites excluding steroid dienone is 3. The summed E-state index contributed by atoms with van der Waals surface area (Å²) in [7, 11) is 0. The maximum absolute atomic E-state index is 11.3. The summed E-state index contributed by atoms with van der Waals surface area (Å²) in [5.41, 5.74) is 6.44. The van der Waals surface area contributed by atoms with Gasteiger partial charge in [-0.15, -0.1) is 0 Å². The fourth-order valence-electron chi connectivity index (χ4n) is 7.78. The lowest BCUT2D eigenvalue weighted by atomic mass is 9.87. The van der Waals surface area contributed by atoms with Gasteiger partial charge in [-0.3, -0.25) is 0 Å². The second-order valence-electron chi connectivity index (χ2n) is 17.5. The van der Waals surface area contributed by atoms with E-state index in [1.165, 1.54) is 18.2 Å². The van der Waals surface area contributed by atoms with Crippen molar-refractivity contribution in [3.63, 3.8) is 0 Å². The Kier molecular flexibility index (Phi) is 29.1. The minimum absolute atomic E-state index is 0.0523. The Morgan fingerprint density at radius 1 is 0.656 bits per heavy atom. The number of aliphatic hydroxyl groups excluding tert-OH is 12. The van der Waals surface area contributed by atoms with Crippen molar-refractivity contribution in [3.05, 3.63) is 84.5 Å². The second kappa shape index (κ2) is 32.3. The van der Waals surface area contributed by atoms with E-state index in [0.29, 0.717) is 32.4 Å². The normalized spacial score (nSPS) is 25.6. The van der Waals surface area contributed by atoms with Gasteiger partial charge in [0.05, 0.1) is 67.1 Å². The average molecular weight is 911 g/mol. The molecule has 1 aromatic rings. The summed E-state index contributed by atoms with van der Waals surface area (Å²) in [6, 6.07) is 9.31. The number of ether oxygens (including phenoxy) is 2. The molecule has 0 amide bonds. The molecule has 1 saturated heterocycles. The molecule has 0 saturated carbocycles. The molecular formula is C48H82N2O14. The third kappa shape index (κ3) is 23.8. The Balaban J connectivity index is 1.92. The summed E-state index contributed by atoms with van der Waals surface area (Å²) in [5, 5.41) is 129. The summed E-state index contributed by atoms with van der Waals surface area (Å²) in [4.78, 5) is 0. The molecule has 0 aromatic heterocycles. The van der Waals surface area contributed by atoms with Gasteiger partial charge < -0.3 is 81.8 Å². The van der Waals surface area contributed by atoms with Gasteiger partial charge in [-0.1, -0.05) is 85.9 Å². The van der Waals surface area contributed by atoms with Crippen molar-refractivity contribution in [2.45, 2.75) is 202 Å². The summed E-state index contributed by atoms with van der Waals surface area (Å²) in [6.07, 6.45) is -0.272. The van der Waals surface area contributed by atoms with Crippen LogP contribution in [0.2, 0.25) is 0 Å². The first-order chi connectivity index (χ1) is 30.4. The van der Waals surface area contributed by atoms with Crippen LogP contribution in [-0.2, 0) is 16.0 Å². The standard InChI is InChI=1S/C48H82N2O14/c1-4-5-6-10-21-44(64-48-47(62)46(61)45(60)32(3)63-48)31(2)43(50-30-33-14-8-7-9-15-33)29-42(59)28-41(58)26-37(54)19-12-18-36(53)25-40(57)27-39(56)24-35(52)17-11-16-34(51)23-38(55)20-13-22-49/h4-12,14-15,17,19,31-32,34-48,50-62H,13,16,18,20-30,49H2,1-3H3. The quantitative estimate of drug-likeness (QED) is 0.0347. The van der Waals surface area contributed by atoms with Crippen LogP contribution in [0, 0.1) is 5.92 Å². The summed E-state index contributed by atoms with van der Waals surface area (Å²) >= 11 is 0. The Morgan fingerprint density at radius 2 is 1.19 bits per heavy atom. The molecule has 0 spiro atoms. The zero-order valence-electron chi connectivity index (χ0n) is 38.0. The first kappa shape index (κ1) is 57.7. The highest BCUT2D eigenvalue weighted by Gasteiger charge is 2.44. The van der Waals surface area contributed by atoms with Crippen LogP contribution in [0.15, 0.2) is 78.9 Å². The summed E-state index contributed by atoms with van der Waals surface area (Å²) in [6.45, 7) is 6.33.